The van der Waals surface area contributed by atoms with Crippen LogP contribution in [0.3, 0.4) is 0 Å². The fraction of sp³-hybridized carbons (Fsp3) is 0.688. The van der Waals surface area contributed by atoms with E-state index in [0.717, 1.165) is 5.57 Å². The summed E-state index contributed by atoms with van der Waals surface area (Å²) >= 11 is 0. The first-order valence-corrected chi connectivity index (χ1v) is 7.68. The Kier molecular flexibility index (Phi) is 3.50. The highest BCUT2D eigenvalue weighted by Gasteiger charge is 2.52. The normalized spacial score (nSPS) is 31.1. The minimum absolute atomic E-state index is 0.126. The van der Waals surface area contributed by atoms with Gasteiger partial charge < -0.3 is 14.4 Å². The maximum absolute atomic E-state index is 12.2. The van der Waals surface area contributed by atoms with Crippen LogP contribution in [0.25, 0.3) is 0 Å². The van der Waals surface area contributed by atoms with Gasteiger partial charge in [-0.15, -0.1) is 0 Å². The molecular formula is C16H21NO5. The average molecular weight is 307 g/mol. The van der Waals surface area contributed by atoms with Crippen molar-refractivity contribution in [2.75, 3.05) is 13.1 Å². The van der Waals surface area contributed by atoms with Crippen molar-refractivity contribution in [1.29, 1.82) is 0 Å². The molecule has 1 unspecified atom stereocenters. The lowest BCUT2D eigenvalue weighted by molar-refractivity contribution is -0.154. The number of fused-ring (bicyclic) bond motifs is 3. The number of rotatable bonds is 0. The molecule has 6 heteroatoms. The minimum Gasteiger partial charge on any atom is -0.444 e. The number of likely N-dealkylation sites (tertiary alicyclic amines) is 1. The molecule has 0 aromatic heterocycles. The van der Waals surface area contributed by atoms with Crippen LogP contribution >= 0.6 is 0 Å². The molecule has 0 spiro atoms. The number of esters is 2. The minimum atomic E-state index is -0.551. The lowest BCUT2D eigenvalue weighted by Gasteiger charge is -2.40. The zero-order valence-corrected chi connectivity index (χ0v) is 13.1. The third kappa shape index (κ3) is 2.62. The Morgan fingerprint density at radius 2 is 2.00 bits per heavy atom. The van der Waals surface area contributed by atoms with Gasteiger partial charge in [0.05, 0.1) is 11.8 Å². The number of carbonyl (C=O) groups excluding carboxylic acids is 3. The summed E-state index contributed by atoms with van der Waals surface area (Å²) in [5.41, 5.74) is 0.609. The summed E-state index contributed by atoms with van der Waals surface area (Å²) in [6, 6.07) is 0. The van der Waals surface area contributed by atoms with Gasteiger partial charge in [0.2, 0.25) is 0 Å². The molecule has 0 N–H and O–H groups in total. The second-order valence-corrected chi connectivity index (χ2v) is 7.17. The Morgan fingerprint density at radius 1 is 1.27 bits per heavy atom. The van der Waals surface area contributed by atoms with Gasteiger partial charge in [0.15, 0.2) is 0 Å². The molecule has 120 valence electrons. The molecule has 2 aliphatic heterocycles. The van der Waals surface area contributed by atoms with Crippen LogP contribution in [-0.4, -0.2) is 41.6 Å². The van der Waals surface area contributed by atoms with Crippen molar-refractivity contribution < 1.29 is 23.9 Å². The molecule has 22 heavy (non-hydrogen) atoms. The van der Waals surface area contributed by atoms with Crippen LogP contribution in [0.2, 0.25) is 0 Å². The van der Waals surface area contributed by atoms with Gasteiger partial charge in [0, 0.05) is 19.0 Å². The largest absolute Gasteiger partial charge is 0.444 e. The van der Waals surface area contributed by atoms with Crippen molar-refractivity contribution >= 4 is 18.0 Å². The third-order valence-electron chi connectivity index (χ3n) is 4.49. The van der Waals surface area contributed by atoms with E-state index in [1.165, 1.54) is 0 Å². The first-order valence-electron chi connectivity index (χ1n) is 7.68. The van der Waals surface area contributed by atoms with Crippen LogP contribution in [0.5, 0.6) is 0 Å². The molecule has 3 atom stereocenters. The topological polar surface area (TPSA) is 72.9 Å². The van der Waals surface area contributed by atoms with Crippen molar-refractivity contribution in [3.8, 4) is 0 Å². The van der Waals surface area contributed by atoms with E-state index >= 15 is 0 Å². The molecule has 2 saturated heterocycles. The van der Waals surface area contributed by atoms with Crippen LogP contribution in [0.4, 0.5) is 4.79 Å². The second-order valence-electron chi connectivity index (χ2n) is 7.17. The number of nitrogens with zero attached hydrogens (tertiary/aromatic N) is 1. The number of hydrogen-bond acceptors (Lipinski definition) is 5. The molecule has 2 fully saturated rings. The van der Waals surface area contributed by atoms with Crippen molar-refractivity contribution in [2.45, 2.75) is 39.2 Å². The summed E-state index contributed by atoms with van der Waals surface area (Å²) in [5, 5.41) is 0. The molecule has 0 aromatic rings. The van der Waals surface area contributed by atoms with E-state index in [-0.39, 0.29) is 17.9 Å². The van der Waals surface area contributed by atoms with Crippen LogP contribution in [0, 0.1) is 17.8 Å². The molecular weight excluding hydrogens is 286 g/mol. The fourth-order valence-electron chi connectivity index (χ4n) is 3.50. The summed E-state index contributed by atoms with van der Waals surface area (Å²) in [6.45, 7) is 6.46. The predicted octanol–water partition coefficient (Wildman–Crippen LogP) is 1.89. The highest BCUT2D eigenvalue weighted by Crippen LogP contribution is 2.43. The molecule has 0 bridgehead atoms. The van der Waals surface area contributed by atoms with E-state index in [1.807, 2.05) is 26.8 Å². The first-order chi connectivity index (χ1) is 10.3. The van der Waals surface area contributed by atoms with E-state index < -0.39 is 23.5 Å². The number of carbonyl (C=O) groups is 3. The standard InChI is InChI=1S/C16H21NO5/c1-16(2,3)22-15(20)17-7-6-9-4-5-10-12(11(9)8-17)14(19)21-13(10)18/h4,10-12H,5-8H2,1-3H3/t10-,11?,12-/m0/s1. The van der Waals surface area contributed by atoms with Crippen molar-refractivity contribution in [2.24, 2.45) is 17.8 Å². The lowest BCUT2D eigenvalue weighted by atomic mass is 9.70. The van der Waals surface area contributed by atoms with Gasteiger partial charge >= 0.3 is 18.0 Å². The fourth-order valence-corrected chi connectivity index (χ4v) is 3.50. The third-order valence-corrected chi connectivity index (χ3v) is 4.49. The van der Waals surface area contributed by atoms with Crippen molar-refractivity contribution in [3.63, 3.8) is 0 Å². The van der Waals surface area contributed by atoms with Crippen LogP contribution in [0.15, 0.2) is 11.6 Å². The number of ether oxygens (including phenoxy) is 2. The maximum atomic E-state index is 12.2. The molecule has 3 rings (SSSR count). The maximum Gasteiger partial charge on any atom is 0.410 e. The number of allylic oxidation sites excluding steroid dienone is 1. The molecule has 0 radical (unpaired) electrons. The second kappa shape index (κ2) is 5.11. The SMILES string of the molecule is CC(C)(C)OC(=O)N1CCC2=CC[C@@H]3C(=O)OC(=O)[C@@H]3C2C1. The predicted molar refractivity (Wildman–Crippen MR) is 76.7 cm³/mol. The van der Waals surface area contributed by atoms with E-state index in [2.05, 4.69) is 0 Å². The monoisotopic (exact) mass is 307 g/mol. The number of hydrogen-bond donors (Lipinski definition) is 0. The van der Waals surface area contributed by atoms with Gasteiger partial charge in [-0.2, -0.15) is 0 Å². The van der Waals surface area contributed by atoms with Crippen molar-refractivity contribution in [1.82, 2.24) is 4.90 Å². The Bertz CT molecular complexity index is 559. The summed E-state index contributed by atoms with van der Waals surface area (Å²) < 4.78 is 10.2. The zero-order chi connectivity index (χ0) is 16.1. The van der Waals surface area contributed by atoms with E-state index in [4.69, 9.17) is 9.47 Å². The quantitative estimate of drug-likeness (QED) is 0.388. The Hall–Kier alpha value is -1.85. The van der Waals surface area contributed by atoms with E-state index in [1.54, 1.807) is 4.90 Å². The number of cyclic esters (lactones) is 2. The zero-order valence-electron chi connectivity index (χ0n) is 13.1. The summed E-state index contributed by atoms with van der Waals surface area (Å²) in [6.07, 6.45) is 2.95. The molecule has 2 heterocycles. The lowest BCUT2D eigenvalue weighted by Crippen LogP contribution is -2.48. The Morgan fingerprint density at radius 3 is 2.68 bits per heavy atom. The van der Waals surface area contributed by atoms with Crippen LogP contribution < -0.4 is 0 Å². The molecule has 0 aromatic carbocycles. The molecule has 1 aliphatic carbocycles. The number of piperidine rings is 1. The van der Waals surface area contributed by atoms with Gasteiger partial charge in [-0.25, -0.2) is 4.79 Å². The molecule has 3 aliphatic rings. The van der Waals surface area contributed by atoms with Gasteiger partial charge in [0.1, 0.15) is 5.60 Å². The van der Waals surface area contributed by atoms with Gasteiger partial charge in [-0.3, -0.25) is 9.59 Å². The van der Waals surface area contributed by atoms with E-state index in [0.29, 0.717) is 25.9 Å². The molecule has 1 amide bonds. The van der Waals surface area contributed by atoms with Crippen molar-refractivity contribution in [3.05, 3.63) is 11.6 Å². The summed E-state index contributed by atoms with van der Waals surface area (Å²) in [7, 11) is 0. The van der Waals surface area contributed by atoms with Crippen LogP contribution in [0.1, 0.15) is 33.6 Å². The van der Waals surface area contributed by atoms with Crippen LogP contribution in [-0.2, 0) is 19.1 Å². The molecule has 0 saturated carbocycles. The average Bonchev–Trinajstić information content (AvgIpc) is 2.71. The van der Waals surface area contributed by atoms with Gasteiger partial charge in [-0.05, 0) is 33.6 Å². The highest BCUT2D eigenvalue weighted by molar-refractivity contribution is 5.97. The van der Waals surface area contributed by atoms with E-state index in [9.17, 15) is 14.4 Å². The smallest absolute Gasteiger partial charge is 0.410 e. The molecule has 6 nitrogen and oxygen atoms in total. The Labute approximate surface area is 129 Å². The Balaban J connectivity index is 1.77. The highest BCUT2D eigenvalue weighted by atomic mass is 16.6. The van der Waals surface area contributed by atoms with Gasteiger partial charge in [-0.1, -0.05) is 11.6 Å². The first kappa shape index (κ1) is 15.1. The van der Waals surface area contributed by atoms with Gasteiger partial charge in [0.25, 0.3) is 0 Å². The summed E-state index contributed by atoms with van der Waals surface area (Å²) in [4.78, 5) is 37.6. The number of amides is 1. The summed E-state index contributed by atoms with van der Waals surface area (Å²) in [5.74, 6) is -1.84.